The summed E-state index contributed by atoms with van der Waals surface area (Å²) >= 11 is 0. The summed E-state index contributed by atoms with van der Waals surface area (Å²) in [6.07, 6.45) is 8.59. The van der Waals surface area contributed by atoms with Gasteiger partial charge in [0, 0.05) is 17.1 Å². The van der Waals surface area contributed by atoms with Gasteiger partial charge in [0.1, 0.15) is 0 Å². The molecule has 0 nitrogen and oxygen atoms in total. The molecule has 0 saturated heterocycles. The molecule has 0 unspecified atom stereocenters. The molecule has 0 amide bonds. The number of allylic oxidation sites excluding steroid dienone is 4. The van der Waals surface area contributed by atoms with Crippen LogP contribution in [0.1, 0.15) is 20.3 Å². The zero-order valence-corrected chi connectivity index (χ0v) is 10.5. The maximum atomic E-state index is 9.87. The number of rotatable bonds is 1. The summed E-state index contributed by atoms with van der Waals surface area (Å²) in [5.74, 6) is 0.661. The molecule has 0 aliphatic heterocycles. The number of hydrogen-bond donors (Lipinski definition) is 0. The molecule has 0 aromatic rings. The van der Waals surface area contributed by atoms with Crippen molar-refractivity contribution in [2.24, 2.45) is 5.92 Å². The van der Waals surface area contributed by atoms with Crippen molar-refractivity contribution in [3.8, 4) is 0 Å². The van der Waals surface area contributed by atoms with Crippen LogP contribution in [-0.2, 0) is 17.1 Å². The molecule has 1 rings (SSSR count). The van der Waals surface area contributed by atoms with Crippen molar-refractivity contribution in [3.05, 3.63) is 23.8 Å². The van der Waals surface area contributed by atoms with Crippen LogP contribution in [0.5, 0.6) is 0 Å². The topological polar surface area (TPSA) is 0 Å². The maximum Gasteiger partial charge on any atom is 0 e. The van der Waals surface area contributed by atoms with Crippen LogP contribution in [0, 0.1) is 12.0 Å². The van der Waals surface area contributed by atoms with Crippen LogP contribution >= 0.6 is 7.81 Å². The molecule has 1 aliphatic rings. The first-order chi connectivity index (χ1) is 6.25. The predicted octanol–water partition coefficient (Wildman–Crippen LogP) is 5.71. The molecule has 0 fully saturated rings. The minimum atomic E-state index is -10.7. The monoisotopic (exact) mass is 308 g/mol. The first kappa shape index (κ1) is 18.4. The first-order valence-corrected chi connectivity index (χ1v) is 6.12. The smallest absolute Gasteiger partial charge is 0 e. The molecule has 0 aromatic carbocycles. The van der Waals surface area contributed by atoms with E-state index < -0.39 is 7.81 Å². The number of halogens is 6. The fourth-order valence-corrected chi connectivity index (χ4v) is 0.818. The zero-order valence-electron chi connectivity index (χ0n) is 8.51. The minimum Gasteiger partial charge on any atom is 0 e. The molecular formula is C8H11F6FeP-2. The van der Waals surface area contributed by atoms with Crippen molar-refractivity contribution in [1.82, 2.24) is 0 Å². The average molecular weight is 308 g/mol. The van der Waals surface area contributed by atoms with Gasteiger partial charge in [-0.2, -0.15) is 6.08 Å². The number of hydrogen-bond acceptors (Lipinski definition) is 0. The van der Waals surface area contributed by atoms with Crippen LogP contribution in [-0.4, -0.2) is 0 Å². The molecule has 0 heterocycles. The van der Waals surface area contributed by atoms with Crippen molar-refractivity contribution < 1.29 is 42.3 Å². The Morgan fingerprint density at radius 3 is 1.62 bits per heavy atom. The van der Waals surface area contributed by atoms with E-state index in [9.17, 15) is 25.2 Å². The van der Waals surface area contributed by atoms with E-state index in [1.807, 2.05) is 0 Å². The molecule has 0 bridgehead atoms. The molecule has 0 atom stereocenters. The van der Waals surface area contributed by atoms with E-state index >= 15 is 0 Å². The summed E-state index contributed by atoms with van der Waals surface area (Å²) in [7, 11) is -10.7. The summed E-state index contributed by atoms with van der Waals surface area (Å²) < 4.78 is 59.2. The van der Waals surface area contributed by atoms with Gasteiger partial charge in [0.05, 0.1) is 0 Å². The summed E-state index contributed by atoms with van der Waals surface area (Å²) in [4.78, 5) is 0. The summed E-state index contributed by atoms with van der Waals surface area (Å²) in [6.45, 7) is 4.38. The fraction of sp³-hybridized carbons (Fsp3) is 0.500. The molecule has 1 aliphatic carbocycles. The van der Waals surface area contributed by atoms with Gasteiger partial charge < -0.3 is 0 Å². The van der Waals surface area contributed by atoms with Gasteiger partial charge in [-0.3, -0.25) is 6.08 Å². The van der Waals surface area contributed by atoms with Crippen molar-refractivity contribution in [1.29, 1.82) is 0 Å². The molecule has 16 heavy (non-hydrogen) atoms. The van der Waals surface area contributed by atoms with Crippen LogP contribution < -0.4 is 0 Å². The maximum absolute atomic E-state index is 10.7. The van der Waals surface area contributed by atoms with Crippen LogP contribution in [0.3, 0.4) is 0 Å². The molecule has 0 saturated carbocycles. The quantitative estimate of drug-likeness (QED) is 0.252. The molecular weight excluding hydrogens is 297 g/mol. The molecule has 0 aromatic heterocycles. The Hall–Kier alpha value is 0.00948. The Morgan fingerprint density at radius 1 is 1.12 bits per heavy atom. The molecule has 0 spiro atoms. The SMILES string of the molecule is CC(C)C1=[C-]CC=C1.F[P-](F)(F)(F)(F)F.[Fe]. The van der Waals surface area contributed by atoms with Gasteiger partial charge in [0.25, 0.3) is 0 Å². The van der Waals surface area contributed by atoms with Crippen molar-refractivity contribution in [2.45, 2.75) is 20.3 Å². The third-order valence-corrected chi connectivity index (χ3v) is 1.34. The van der Waals surface area contributed by atoms with E-state index in [0.717, 1.165) is 6.42 Å². The third kappa shape index (κ3) is 19.6. The van der Waals surface area contributed by atoms with Crippen LogP contribution in [0.4, 0.5) is 25.2 Å². The second-order valence-electron chi connectivity index (χ2n) is 3.35. The standard InChI is InChI=1S/C8H11.F6P.Fe/c1-7(2)8-5-3-4-6-8;1-7(2,3,4,5)6;/h3,5,7H,4H2,1-2H3;;/q2*-1;. The normalized spacial score (nSPS) is 18.9. The molecule has 0 radical (unpaired) electrons. The first-order valence-electron chi connectivity index (χ1n) is 4.09. The average Bonchev–Trinajstić information content (AvgIpc) is 2.27. The Balaban J connectivity index is 0. The van der Waals surface area contributed by atoms with E-state index in [1.165, 1.54) is 5.57 Å². The Morgan fingerprint density at radius 2 is 1.50 bits per heavy atom. The molecule has 8 heteroatoms. The van der Waals surface area contributed by atoms with Gasteiger partial charge in [-0.25, -0.2) is 11.6 Å². The second kappa shape index (κ2) is 4.71. The molecule has 0 N–H and O–H groups in total. The Bertz CT molecular complexity index is 274. The van der Waals surface area contributed by atoms with Gasteiger partial charge >= 0.3 is 33.0 Å². The van der Waals surface area contributed by atoms with E-state index in [1.54, 1.807) is 0 Å². The van der Waals surface area contributed by atoms with Crippen LogP contribution in [0.25, 0.3) is 0 Å². The second-order valence-corrected chi connectivity index (χ2v) is 5.27. The summed E-state index contributed by atoms with van der Waals surface area (Å²) in [5.41, 5.74) is 1.37. The molecule has 100 valence electrons. The predicted molar refractivity (Wildman–Crippen MR) is 48.9 cm³/mol. The van der Waals surface area contributed by atoms with Gasteiger partial charge in [0.15, 0.2) is 0 Å². The van der Waals surface area contributed by atoms with E-state index in [-0.39, 0.29) is 17.1 Å². The van der Waals surface area contributed by atoms with Crippen molar-refractivity contribution in [3.63, 3.8) is 0 Å². The van der Waals surface area contributed by atoms with E-state index in [0.29, 0.717) is 5.92 Å². The summed E-state index contributed by atoms with van der Waals surface area (Å²) in [6, 6.07) is 0. The van der Waals surface area contributed by atoms with Gasteiger partial charge in [0.2, 0.25) is 0 Å². The fourth-order valence-electron chi connectivity index (χ4n) is 0.818. The van der Waals surface area contributed by atoms with Crippen LogP contribution in [0.2, 0.25) is 0 Å². The minimum absolute atomic E-state index is 0. The third-order valence-electron chi connectivity index (χ3n) is 1.34. The zero-order chi connectivity index (χ0) is 12.4. The van der Waals surface area contributed by atoms with Gasteiger partial charge in [-0.1, -0.05) is 19.8 Å². The van der Waals surface area contributed by atoms with Crippen molar-refractivity contribution in [2.75, 3.05) is 0 Å². The summed E-state index contributed by atoms with van der Waals surface area (Å²) in [5, 5.41) is 0. The van der Waals surface area contributed by atoms with Crippen molar-refractivity contribution >= 4 is 7.81 Å². The van der Waals surface area contributed by atoms with Gasteiger partial charge in [-0.15, -0.1) is 6.42 Å². The van der Waals surface area contributed by atoms with E-state index in [4.69, 9.17) is 0 Å². The van der Waals surface area contributed by atoms with Crippen LogP contribution in [0.15, 0.2) is 17.7 Å². The Labute approximate surface area is 100 Å². The van der Waals surface area contributed by atoms with E-state index in [2.05, 4.69) is 32.1 Å². The van der Waals surface area contributed by atoms with Gasteiger partial charge in [-0.05, 0) is 0 Å². The Kier molecular flexibility index (Phi) is 5.41. The largest absolute Gasteiger partial charge is 0 e.